The van der Waals surface area contributed by atoms with Crippen LogP contribution < -0.4 is 20.3 Å². The minimum Gasteiger partial charge on any atom is -0.488 e. The van der Waals surface area contributed by atoms with Crippen molar-refractivity contribution in [2.75, 3.05) is 25.1 Å². The van der Waals surface area contributed by atoms with E-state index in [-0.39, 0.29) is 31.8 Å². The van der Waals surface area contributed by atoms with E-state index in [4.69, 9.17) is 14.2 Å². The lowest BCUT2D eigenvalue weighted by Crippen LogP contribution is -2.40. The predicted molar refractivity (Wildman–Crippen MR) is 212 cm³/mol. The minimum absolute atomic E-state index is 0.0558. The highest BCUT2D eigenvalue weighted by molar-refractivity contribution is 6.00. The van der Waals surface area contributed by atoms with E-state index in [1.165, 1.54) is 12.0 Å². The summed E-state index contributed by atoms with van der Waals surface area (Å²) >= 11 is 0. The number of fused-ring (bicyclic) bond motifs is 1. The van der Waals surface area contributed by atoms with Gasteiger partial charge in [0, 0.05) is 24.5 Å². The van der Waals surface area contributed by atoms with Crippen molar-refractivity contribution in [1.82, 2.24) is 15.6 Å². The first-order valence-electron chi connectivity index (χ1n) is 18.2. The van der Waals surface area contributed by atoms with Crippen LogP contribution in [0.25, 0.3) is 21.9 Å². The van der Waals surface area contributed by atoms with Crippen LogP contribution in [0.3, 0.4) is 0 Å². The Kier molecular flexibility index (Phi) is 13.6. The molecule has 11 nitrogen and oxygen atoms in total. The summed E-state index contributed by atoms with van der Waals surface area (Å²) < 4.78 is 16.7. The molecule has 0 aliphatic carbocycles. The maximum atomic E-state index is 13.1. The average molecular weight is 745 g/mol. The Labute approximate surface area is 322 Å². The Morgan fingerprint density at radius 2 is 1.55 bits per heavy atom. The van der Waals surface area contributed by atoms with Gasteiger partial charge in [-0.1, -0.05) is 84.9 Å². The molecule has 0 aliphatic rings. The van der Waals surface area contributed by atoms with E-state index in [9.17, 15) is 19.2 Å². The molecule has 1 atom stereocenters. The maximum absolute atomic E-state index is 13.1. The number of nitrogens with zero attached hydrogens (tertiary/aromatic N) is 2. The van der Waals surface area contributed by atoms with Gasteiger partial charge >= 0.3 is 12.1 Å². The van der Waals surface area contributed by atoms with Crippen molar-refractivity contribution in [3.8, 4) is 16.9 Å². The van der Waals surface area contributed by atoms with Crippen molar-refractivity contribution in [3.05, 3.63) is 126 Å². The standard InChI is InChI=1S/C44H48N4O7/c1-30-23-24-45-39(26-30)48(43(52)55-44(2,3)4)25-11-16-40(49)46-28-41(50)47-37(27-42(51)53-5)33-19-17-32(18-20-33)34-21-22-38(36-15-10-9-14-35(34)36)54-29-31-12-7-6-8-13-31/h6-10,12-15,17-24,26,37H,11,16,25,27-29H2,1-5H3,(H,46,49)(H,47,50)/t37-/m1/s1. The predicted octanol–water partition coefficient (Wildman–Crippen LogP) is 7.85. The first kappa shape index (κ1) is 40.0. The topological polar surface area (TPSA) is 136 Å². The number of ether oxygens (including phenoxy) is 3. The van der Waals surface area contributed by atoms with E-state index in [1.54, 1.807) is 33.0 Å². The van der Waals surface area contributed by atoms with E-state index in [0.717, 1.165) is 38.8 Å². The number of aryl methyl sites for hydroxylation is 1. The van der Waals surface area contributed by atoms with Crippen LogP contribution in [0.5, 0.6) is 5.75 Å². The first-order chi connectivity index (χ1) is 26.4. The molecule has 0 radical (unpaired) electrons. The Bertz CT molecular complexity index is 2100. The van der Waals surface area contributed by atoms with Crippen molar-refractivity contribution in [3.63, 3.8) is 0 Å². The van der Waals surface area contributed by atoms with Crippen LogP contribution in [0, 0.1) is 6.92 Å². The van der Waals surface area contributed by atoms with E-state index in [1.807, 2.05) is 97.9 Å². The zero-order valence-electron chi connectivity index (χ0n) is 32.0. The molecule has 55 heavy (non-hydrogen) atoms. The monoisotopic (exact) mass is 744 g/mol. The Morgan fingerprint density at radius 1 is 0.836 bits per heavy atom. The van der Waals surface area contributed by atoms with Crippen molar-refractivity contribution < 1.29 is 33.4 Å². The van der Waals surface area contributed by atoms with Gasteiger partial charge in [-0.05, 0) is 85.5 Å². The SMILES string of the molecule is COC(=O)C[C@@H](NC(=O)CNC(=O)CCCN(C(=O)OC(C)(C)C)c1cc(C)ccn1)c1ccc(-c2ccc(OCc3ccccc3)c3ccccc23)cc1. The van der Waals surface area contributed by atoms with Crippen LogP contribution in [-0.4, -0.2) is 54.7 Å². The average Bonchev–Trinajstić information content (AvgIpc) is 3.17. The van der Waals surface area contributed by atoms with Gasteiger partial charge < -0.3 is 24.8 Å². The van der Waals surface area contributed by atoms with Gasteiger partial charge in [0.05, 0.1) is 26.1 Å². The maximum Gasteiger partial charge on any atom is 0.416 e. The Morgan fingerprint density at radius 3 is 2.24 bits per heavy atom. The van der Waals surface area contributed by atoms with Gasteiger partial charge in [0.1, 0.15) is 23.8 Å². The number of nitrogens with one attached hydrogen (secondary N) is 2. The molecule has 3 amide bonds. The van der Waals surface area contributed by atoms with E-state index < -0.39 is 29.6 Å². The highest BCUT2D eigenvalue weighted by atomic mass is 16.6. The van der Waals surface area contributed by atoms with Gasteiger partial charge in [0.2, 0.25) is 11.8 Å². The highest BCUT2D eigenvalue weighted by Crippen LogP contribution is 2.35. The number of hydrogen-bond donors (Lipinski definition) is 2. The number of pyridine rings is 1. The van der Waals surface area contributed by atoms with Gasteiger partial charge in [0.25, 0.3) is 0 Å². The third-order valence-electron chi connectivity index (χ3n) is 8.70. The summed E-state index contributed by atoms with van der Waals surface area (Å²) in [6.07, 6.45) is 1.31. The molecule has 11 heteroatoms. The second-order valence-corrected chi connectivity index (χ2v) is 14.2. The molecule has 5 rings (SSSR count). The van der Waals surface area contributed by atoms with Gasteiger partial charge in [-0.3, -0.25) is 19.3 Å². The molecule has 0 spiro atoms. The number of methoxy groups -OCH3 is 1. The number of esters is 1. The number of rotatable bonds is 15. The second kappa shape index (κ2) is 18.7. The summed E-state index contributed by atoms with van der Waals surface area (Å²) in [5.74, 6) is -0.117. The molecule has 0 aliphatic heterocycles. The molecule has 5 aromatic rings. The zero-order valence-corrected chi connectivity index (χ0v) is 32.0. The first-order valence-corrected chi connectivity index (χ1v) is 18.2. The van der Waals surface area contributed by atoms with Gasteiger partial charge in [-0.15, -0.1) is 0 Å². The normalized spacial score (nSPS) is 11.7. The van der Waals surface area contributed by atoms with Crippen LogP contribution in [0.15, 0.2) is 109 Å². The number of carbonyl (C=O) groups excluding carboxylic acids is 4. The Balaban J connectivity index is 1.20. The highest BCUT2D eigenvalue weighted by Gasteiger charge is 2.25. The quantitative estimate of drug-likeness (QED) is 0.104. The third-order valence-corrected chi connectivity index (χ3v) is 8.70. The smallest absolute Gasteiger partial charge is 0.416 e. The fourth-order valence-electron chi connectivity index (χ4n) is 5.98. The number of aromatic nitrogens is 1. The summed E-state index contributed by atoms with van der Waals surface area (Å²) in [5, 5.41) is 7.52. The van der Waals surface area contributed by atoms with Crippen LogP contribution in [0.4, 0.5) is 10.6 Å². The largest absolute Gasteiger partial charge is 0.488 e. The van der Waals surface area contributed by atoms with Crippen molar-refractivity contribution in [2.45, 2.75) is 65.2 Å². The van der Waals surface area contributed by atoms with Crippen LogP contribution in [0.1, 0.15) is 62.8 Å². The fraction of sp³-hybridized carbons (Fsp3) is 0.295. The lowest BCUT2D eigenvalue weighted by atomic mass is 9.95. The lowest BCUT2D eigenvalue weighted by Gasteiger charge is -2.27. The summed E-state index contributed by atoms with van der Waals surface area (Å²) in [6, 6.07) is 32.6. The molecule has 4 aromatic carbocycles. The summed E-state index contributed by atoms with van der Waals surface area (Å²) in [5.41, 5.74) is 3.96. The van der Waals surface area contributed by atoms with Gasteiger partial charge in [-0.25, -0.2) is 9.78 Å². The van der Waals surface area contributed by atoms with E-state index in [0.29, 0.717) is 24.4 Å². The molecule has 0 bridgehead atoms. The molecule has 0 unspecified atom stereocenters. The summed E-state index contributed by atoms with van der Waals surface area (Å²) in [6.45, 7) is 7.58. The minimum atomic E-state index is -0.711. The van der Waals surface area contributed by atoms with E-state index >= 15 is 0 Å². The molecular formula is C44H48N4O7. The molecule has 0 fully saturated rings. The van der Waals surface area contributed by atoms with Crippen LogP contribution in [0.2, 0.25) is 0 Å². The fourth-order valence-corrected chi connectivity index (χ4v) is 5.98. The number of anilines is 1. The molecule has 1 aromatic heterocycles. The third kappa shape index (κ3) is 11.6. The summed E-state index contributed by atoms with van der Waals surface area (Å²) in [7, 11) is 1.29. The molecular weight excluding hydrogens is 697 g/mol. The van der Waals surface area contributed by atoms with Crippen LogP contribution in [-0.2, 0) is 30.5 Å². The van der Waals surface area contributed by atoms with E-state index in [2.05, 4.69) is 21.7 Å². The summed E-state index contributed by atoms with van der Waals surface area (Å²) in [4.78, 5) is 56.9. The van der Waals surface area contributed by atoms with Crippen molar-refractivity contribution >= 4 is 40.5 Å². The lowest BCUT2D eigenvalue weighted by molar-refractivity contribution is -0.141. The van der Waals surface area contributed by atoms with Crippen molar-refractivity contribution in [1.29, 1.82) is 0 Å². The number of amides is 3. The molecule has 1 heterocycles. The molecule has 0 saturated heterocycles. The molecule has 286 valence electrons. The van der Waals surface area contributed by atoms with Gasteiger partial charge in [-0.2, -0.15) is 0 Å². The molecule has 2 N–H and O–H groups in total. The number of benzene rings is 4. The van der Waals surface area contributed by atoms with Crippen molar-refractivity contribution in [2.24, 2.45) is 0 Å². The molecule has 0 saturated carbocycles. The zero-order chi connectivity index (χ0) is 39.4. The number of carbonyl (C=O) groups is 4. The Hall–Kier alpha value is -6.23. The number of hydrogen-bond acceptors (Lipinski definition) is 8. The van der Waals surface area contributed by atoms with Gasteiger partial charge in [0.15, 0.2) is 0 Å². The second-order valence-electron chi connectivity index (χ2n) is 14.2. The van der Waals surface area contributed by atoms with Crippen LogP contribution >= 0.6 is 0 Å².